The van der Waals surface area contributed by atoms with Gasteiger partial charge in [0.15, 0.2) is 14.1 Å². The van der Waals surface area contributed by atoms with Crippen molar-refractivity contribution in [1.29, 1.82) is 0 Å². The molecule has 33 heavy (non-hydrogen) atoms. The van der Waals surface area contributed by atoms with E-state index in [1.807, 2.05) is 6.92 Å². The van der Waals surface area contributed by atoms with E-state index in [2.05, 4.69) is 40.8 Å². The average molecular weight is 479 g/mol. The summed E-state index contributed by atoms with van der Waals surface area (Å²) >= 11 is 0. The van der Waals surface area contributed by atoms with Gasteiger partial charge in [0.1, 0.15) is 11.4 Å². The summed E-state index contributed by atoms with van der Waals surface area (Å²) in [5, 5.41) is 23.4. The molecule has 0 aliphatic heterocycles. The Balaban J connectivity index is 1.57. The Morgan fingerprint density at radius 1 is 1.15 bits per heavy atom. The second-order valence-electron chi connectivity index (χ2n) is 13.9. The molecule has 5 nitrogen and oxygen atoms in total. The molecule has 4 aliphatic rings. The minimum absolute atomic E-state index is 0.00171. The van der Waals surface area contributed by atoms with E-state index in [9.17, 15) is 19.8 Å². The van der Waals surface area contributed by atoms with Crippen molar-refractivity contribution >= 4 is 19.9 Å². The lowest BCUT2D eigenvalue weighted by atomic mass is 9.43. The topological polar surface area (TPSA) is 83.8 Å². The Morgan fingerprint density at radius 2 is 1.82 bits per heavy atom. The Kier molecular flexibility index (Phi) is 6.17. The van der Waals surface area contributed by atoms with Crippen LogP contribution in [0.5, 0.6) is 0 Å². The van der Waals surface area contributed by atoms with E-state index < -0.39 is 25.4 Å². The molecule has 188 valence electrons. The first-order valence-corrected chi connectivity index (χ1v) is 16.1. The summed E-state index contributed by atoms with van der Waals surface area (Å²) in [5.74, 6) is 1.21. The molecule has 8 atom stereocenters. The van der Waals surface area contributed by atoms with Crippen molar-refractivity contribution in [3.05, 3.63) is 0 Å². The maximum absolute atomic E-state index is 13.5. The summed E-state index contributed by atoms with van der Waals surface area (Å²) in [4.78, 5) is 25.7. The Bertz CT molecular complexity index is 818. The minimum Gasteiger partial charge on any atom is -0.409 e. The van der Waals surface area contributed by atoms with Gasteiger partial charge in [-0.2, -0.15) is 0 Å². The van der Waals surface area contributed by atoms with Gasteiger partial charge < -0.3 is 14.6 Å². The van der Waals surface area contributed by atoms with Gasteiger partial charge in [0.25, 0.3) is 0 Å². The summed E-state index contributed by atoms with van der Waals surface area (Å²) in [6.45, 7) is 15.0. The third-order valence-electron chi connectivity index (χ3n) is 11.4. The fourth-order valence-electron chi connectivity index (χ4n) is 8.22. The molecule has 0 amide bonds. The normalized spacial score (nSPS) is 45.8. The van der Waals surface area contributed by atoms with Gasteiger partial charge in [-0.1, -0.05) is 34.6 Å². The van der Waals surface area contributed by atoms with Crippen LogP contribution in [0, 0.1) is 34.5 Å². The highest BCUT2D eigenvalue weighted by Gasteiger charge is 2.68. The summed E-state index contributed by atoms with van der Waals surface area (Å²) < 4.78 is 6.22. The highest BCUT2D eigenvalue weighted by molar-refractivity contribution is 6.74. The molecule has 4 rings (SSSR count). The number of hydrogen-bond donors (Lipinski definition) is 2. The van der Waals surface area contributed by atoms with Crippen molar-refractivity contribution in [2.75, 3.05) is 6.61 Å². The number of rotatable bonds is 4. The number of aliphatic hydroxyl groups is 2. The van der Waals surface area contributed by atoms with Crippen LogP contribution in [-0.4, -0.2) is 48.4 Å². The van der Waals surface area contributed by atoms with E-state index in [1.165, 1.54) is 0 Å². The predicted octanol–water partition coefficient (Wildman–Crippen LogP) is 4.89. The van der Waals surface area contributed by atoms with Gasteiger partial charge in [-0.05, 0) is 85.7 Å². The second-order valence-corrected chi connectivity index (χ2v) is 18.7. The van der Waals surface area contributed by atoms with E-state index in [1.54, 1.807) is 0 Å². The SMILES string of the molecule is CC(C)(C)[Si](C)(C)OCC(=O)[C@@]1(O)CC[C@H]2[C@@H]3CC[C@H]4CC(=O)CC[C@]4(C)[C@H]3[C@@H](O)C[C@@]21C. The molecule has 0 heterocycles. The summed E-state index contributed by atoms with van der Waals surface area (Å²) in [6, 6.07) is 0. The van der Waals surface area contributed by atoms with E-state index >= 15 is 0 Å². The minimum atomic E-state index is -2.11. The quantitative estimate of drug-likeness (QED) is 0.562. The summed E-state index contributed by atoms with van der Waals surface area (Å²) in [7, 11) is -2.11. The van der Waals surface area contributed by atoms with Gasteiger partial charge in [-0.15, -0.1) is 0 Å². The zero-order chi connectivity index (χ0) is 24.6. The van der Waals surface area contributed by atoms with E-state index in [0.717, 1.165) is 25.7 Å². The first-order valence-electron chi connectivity index (χ1n) is 13.2. The molecule has 4 saturated carbocycles. The number of carbonyl (C=O) groups is 2. The predicted molar refractivity (Wildman–Crippen MR) is 131 cm³/mol. The van der Waals surface area contributed by atoms with Crippen molar-refractivity contribution in [3.8, 4) is 0 Å². The van der Waals surface area contributed by atoms with E-state index in [0.29, 0.717) is 43.3 Å². The third-order valence-corrected chi connectivity index (χ3v) is 15.9. The highest BCUT2D eigenvalue weighted by Crippen LogP contribution is 2.68. The van der Waals surface area contributed by atoms with Crippen LogP contribution < -0.4 is 0 Å². The zero-order valence-corrected chi connectivity index (χ0v) is 22.9. The van der Waals surface area contributed by atoms with Crippen molar-refractivity contribution in [3.63, 3.8) is 0 Å². The molecule has 4 fully saturated rings. The molecule has 0 spiro atoms. The Morgan fingerprint density at radius 3 is 2.45 bits per heavy atom. The largest absolute Gasteiger partial charge is 0.409 e. The highest BCUT2D eigenvalue weighted by atomic mass is 28.4. The molecule has 2 N–H and O–H groups in total. The number of hydrogen-bond acceptors (Lipinski definition) is 5. The Hall–Kier alpha value is -0.563. The molecule has 4 aliphatic carbocycles. The molecule has 0 aromatic carbocycles. The molecule has 0 bridgehead atoms. The number of Topliss-reactive ketones (excluding diaryl/α,β-unsaturated/α-hetero) is 2. The molecular formula is C27H46O5Si. The van der Waals surface area contributed by atoms with Crippen molar-refractivity contribution in [2.45, 2.75) is 116 Å². The van der Waals surface area contributed by atoms with Crippen LogP contribution in [-0.2, 0) is 14.0 Å². The van der Waals surface area contributed by atoms with Gasteiger partial charge in [0, 0.05) is 18.3 Å². The standard InChI is InChI=1S/C27H46O5Si/c1-24(2,3)33(6,7)32-16-22(30)27(31)13-11-20-19-9-8-17-14-18(28)10-12-25(17,4)23(19)21(29)15-26(20,27)5/h17,19-21,23,29,31H,8-16H2,1-7H3/t17-,19-,20-,21-,23+,25-,26-,27-/m0/s1. The molecule has 0 aromatic heterocycles. The van der Waals surface area contributed by atoms with Crippen LogP contribution in [0.3, 0.4) is 0 Å². The molecule has 0 radical (unpaired) electrons. The summed E-state index contributed by atoms with van der Waals surface area (Å²) in [6.07, 6.45) is 5.34. The maximum atomic E-state index is 13.5. The van der Waals surface area contributed by atoms with Crippen LogP contribution in [0.4, 0.5) is 0 Å². The lowest BCUT2D eigenvalue weighted by Crippen LogP contribution is -2.63. The van der Waals surface area contributed by atoms with Crippen LogP contribution in [0.2, 0.25) is 18.1 Å². The van der Waals surface area contributed by atoms with Gasteiger partial charge in [-0.25, -0.2) is 0 Å². The van der Waals surface area contributed by atoms with Crippen molar-refractivity contribution in [1.82, 2.24) is 0 Å². The Labute approximate surface area is 201 Å². The number of ketones is 2. The monoisotopic (exact) mass is 478 g/mol. The van der Waals surface area contributed by atoms with Crippen LogP contribution in [0.1, 0.15) is 86.0 Å². The van der Waals surface area contributed by atoms with Gasteiger partial charge in [0.05, 0.1) is 12.7 Å². The summed E-state index contributed by atoms with van der Waals surface area (Å²) in [5.41, 5.74) is -2.09. The first-order chi connectivity index (χ1) is 15.1. The number of fused-ring (bicyclic) bond motifs is 5. The molecule has 6 heteroatoms. The van der Waals surface area contributed by atoms with E-state index in [4.69, 9.17) is 4.43 Å². The first kappa shape index (κ1) is 25.5. The van der Waals surface area contributed by atoms with Crippen LogP contribution >= 0.6 is 0 Å². The van der Waals surface area contributed by atoms with Crippen molar-refractivity contribution < 1.29 is 24.2 Å². The molecule has 0 aromatic rings. The van der Waals surface area contributed by atoms with Crippen LogP contribution in [0.25, 0.3) is 0 Å². The molecular weight excluding hydrogens is 432 g/mol. The number of carbonyl (C=O) groups excluding carboxylic acids is 2. The smallest absolute Gasteiger partial charge is 0.192 e. The molecule has 0 unspecified atom stereocenters. The maximum Gasteiger partial charge on any atom is 0.192 e. The van der Waals surface area contributed by atoms with Gasteiger partial charge in [0.2, 0.25) is 0 Å². The van der Waals surface area contributed by atoms with E-state index in [-0.39, 0.29) is 34.7 Å². The zero-order valence-electron chi connectivity index (χ0n) is 21.9. The van der Waals surface area contributed by atoms with Gasteiger partial charge in [-0.3, -0.25) is 9.59 Å². The van der Waals surface area contributed by atoms with Crippen molar-refractivity contribution in [2.24, 2.45) is 34.5 Å². The fourth-order valence-corrected chi connectivity index (χ4v) is 9.14. The average Bonchev–Trinajstić information content (AvgIpc) is 2.97. The van der Waals surface area contributed by atoms with Crippen LogP contribution in [0.15, 0.2) is 0 Å². The number of aliphatic hydroxyl groups excluding tert-OH is 1. The third kappa shape index (κ3) is 3.73. The lowest BCUT2D eigenvalue weighted by molar-refractivity contribution is -0.198. The van der Waals surface area contributed by atoms with Gasteiger partial charge >= 0.3 is 0 Å². The lowest BCUT2D eigenvalue weighted by Gasteiger charge is -2.62. The fraction of sp³-hybridized carbons (Fsp3) is 0.926. The second kappa shape index (κ2) is 7.97. The molecule has 0 saturated heterocycles.